The monoisotopic (exact) mass is 336 g/mol. The van der Waals surface area contributed by atoms with E-state index in [0.29, 0.717) is 0 Å². The number of aryl methyl sites for hydroxylation is 2. The summed E-state index contributed by atoms with van der Waals surface area (Å²) in [6.07, 6.45) is 4.70. The summed E-state index contributed by atoms with van der Waals surface area (Å²) in [5.41, 5.74) is 7.36. The number of thiophene rings is 1. The van der Waals surface area contributed by atoms with E-state index in [0.717, 1.165) is 10.9 Å². The van der Waals surface area contributed by atoms with Crippen LogP contribution in [0.1, 0.15) is 34.0 Å². The molecule has 1 aliphatic carbocycles. The molecule has 1 atom stereocenters. The summed E-state index contributed by atoms with van der Waals surface area (Å²) >= 11 is 5.32. The molecule has 1 aromatic heterocycles. The average molecular weight is 337 g/mol. The Morgan fingerprint density at radius 1 is 1.26 bits per heavy atom. The molecule has 19 heavy (non-hydrogen) atoms. The first kappa shape index (κ1) is 13.3. The molecular weight excluding hydrogens is 320 g/mol. The van der Waals surface area contributed by atoms with Gasteiger partial charge in [0.05, 0.1) is 6.04 Å². The number of benzene rings is 1. The predicted octanol–water partition coefficient (Wildman–Crippen LogP) is 3.75. The molecule has 0 spiro atoms. The van der Waals surface area contributed by atoms with Gasteiger partial charge in [0.2, 0.25) is 0 Å². The second-order valence-electron chi connectivity index (χ2n) is 5.01. The van der Waals surface area contributed by atoms with Gasteiger partial charge in [-0.2, -0.15) is 0 Å². The van der Waals surface area contributed by atoms with E-state index in [-0.39, 0.29) is 6.04 Å². The van der Waals surface area contributed by atoms with E-state index in [1.54, 1.807) is 11.3 Å². The van der Waals surface area contributed by atoms with Gasteiger partial charge in [-0.3, -0.25) is 11.3 Å². The van der Waals surface area contributed by atoms with Crippen LogP contribution in [0.3, 0.4) is 0 Å². The van der Waals surface area contributed by atoms with Gasteiger partial charge in [-0.1, -0.05) is 18.2 Å². The summed E-state index contributed by atoms with van der Waals surface area (Å²) in [5, 5.41) is 2.09. The quantitative estimate of drug-likeness (QED) is 0.659. The molecule has 0 bridgehead atoms. The first-order valence-corrected chi connectivity index (χ1v) is 8.25. The van der Waals surface area contributed by atoms with Crippen molar-refractivity contribution in [1.29, 1.82) is 0 Å². The lowest BCUT2D eigenvalue weighted by molar-refractivity contribution is 0.559. The molecule has 3 N–H and O–H groups in total. The zero-order valence-corrected chi connectivity index (χ0v) is 13.1. The largest absolute Gasteiger partial charge is 0.271 e. The second-order valence-corrected chi connectivity index (χ2v) is 6.81. The van der Waals surface area contributed by atoms with E-state index >= 15 is 0 Å². The fourth-order valence-corrected chi connectivity index (χ4v) is 4.48. The Labute approximate surface area is 126 Å². The zero-order chi connectivity index (χ0) is 13.2. The van der Waals surface area contributed by atoms with Gasteiger partial charge >= 0.3 is 0 Å². The molecule has 1 unspecified atom stereocenters. The minimum atomic E-state index is 0.175. The van der Waals surface area contributed by atoms with E-state index in [4.69, 9.17) is 5.84 Å². The third-order valence-electron chi connectivity index (χ3n) is 3.77. The van der Waals surface area contributed by atoms with Crippen LogP contribution in [-0.4, -0.2) is 0 Å². The van der Waals surface area contributed by atoms with Gasteiger partial charge in [0.25, 0.3) is 0 Å². The van der Waals surface area contributed by atoms with Crippen LogP contribution in [0.4, 0.5) is 0 Å². The Balaban J connectivity index is 1.81. The normalized spacial score (nSPS) is 15.5. The smallest absolute Gasteiger partial charge is 0.0604 e. The summed E-state index contributed by atoms with van der Waals surface area (Å²) in [7, 11) is 0. The topological polar surface area (TPSA) is 38.0 Å². The molecular formula is C15H17BrN2S. The maximum absolute atomic E-state index is 5.73. The van der Waals surface area contributed by atoms with Crippen LogP contribution < -0.4 is 11.3 Å². The van der Waals surface area contributed by atoms with Gasteiger partial charge in [0.15, 0.2) is 0 Å². The number of rotatable bonds is 4. The Morgan fingerprint density at radius 2 is 2.11 bits per heavy atom. The standard InChI is InChI=1S/C15H17BrN2S/c16-13-6-7-19-15(13)14(18-17)9-10-4-5-11-2-1-3-12(11)8-10/h4-8,14,18H,1-3,9,17H2. The molecule has 0 saturated carbocycles. The van der Waals surface area contributed by atoms with Crippen molar-refractivity contribution in [2.75, 3.05) is 0 Å². The molecule has 3 rings (SSSR count). The molecule has 100 valence electrons. The molecule has 0 fully saturated rings. The number of nitrogens with two attached hydrogens (primary N) is 1. The number of halogens is 1. The number of hydrogen-bond acceptors (Lipinski definition) is 3. The van der Waals surface area contributed by atoms with Crippen molar-refractivity contribution < 1.29 is 0 Å². The highest BCUT2D eigenvalue weighted by Crippen LogP contribution is 2.31. The first-order chi connectivity index (χ1) is 9.28. The van der Waals surface area contributed by atoms with Gasteiger partial charge in [-0.05, 0) is 69.8 Å². The zero-order valence-electron chi connectivity index (χ0n) is 10.7. The second kappa shape index (κ2) is 5.75. The summed E-state index contributed by atoms with van der Waals surface area (Å²) in [5.74, 6) is 5.73. The Morgan fingerprint density at radius 3 is 2.84 bits per heavy atom. The van der Waals surface area contributed by atoms with Crippen molar-refractivity contribution in [3.63, 3.8) is 0 Å². The van der Waals surface area contributed by atoms with E-state index in [9.17, 15) is 0 Å². The van der Waals surface area contributed by atoms with Crippen LogP contribution in [0, 0.1) is 0 Å². The molecule has 4 heteroatoms. The Kier molecular flexibility index (Phi) is 4.03. The SMILES string of the molecule is NNC(Cc1ccc2c(c1)CCC2)c1sccc1Br. The fraction of sp³-hybridized carbons (Fsp3) is 0.333. The molecule has 2 nitrogen and oxygen atoms in total. The lowest BCUT2D eigenvalue weighted by Crippen LogP contribution is -2.29. The van der Waals surface area contributed by atoms with E-state index < -0.39 is 0 Å². The predicted molar refractivity (Wildman–Crippen MR) is 84.3 cm³/mol. The maximum Gasteiger partial charge on any atom is 0.0604 e. The molecule has 2 aromatic rings. The fourth-order valence-electron chi connectivity index (χ4n) is 2.77. The van der Waals surface area contributed by atoms with Gasteiger partial charge < -0.3 is 0 Å². The number of nitrogens with one attached hydrogen (secondary N) is 1. The van der Waals surface area contributed by atoms with Crippen LogP contribution in [0.5, 0.6) is 0 Å². The maximum atomic E-state index is 5.73. The molecule has 0 saturated heterocycles. The molecule has 0 aliphatic heterocycles. The molecule has 1 heterocycles. The van der Waals surface area contributed by atoms with E-state index in [1.165, 1.54) is 40.8 Å². The molecule has 0 radical (unpaired) electrons. The van der Waals surface area contributed by atoms with Crippen LogP contribution in [-0.2, 0) is 19.3 Å². The van der Waals surface area contributed by atoms with Crippen LogP contribution in [0.15, 0.2) is 34.1 Å². The van der Waals surface area contributed by atoms with Crippen LogP contribution in [0.2, 0.25) is 0 Å². The van der Waals surface area contributed by atoms with Gasteiger partial charge in [-0.25, -0.2) is 0 Å². The first-order valence-electron chi connectivity index (χ1n) is 6.57. The third kappa shape index (κ3) is 2.77. The minimum Gasteiger partial charge on any atom is -0.271 e. The number of hydrazine groups is 1. The summed E-state index contributed by atoms with van der Waals surface area (Å²) in [4.78, 5) is 1.27. The van der Waals surface area contributed by atoms with Crippen molar-refractivity contribution in [3.05, 3.63) is 55.7 Å². The third-order valence-corrected chi connectivity index (χ3v) is 5.75. The molecule has 1 aromatic carbocycles. The van der Waals surface area contributed by atoms with Gasteiger partial charge in [0.1, 0.15) is 0 Å². The summed E-state index contributed by atoms with van der Waals surface area (Å²) in [6, 6.07) is 9.14. The van der Waals surface area contributed by atoms with Crippen LogP contribution in [0.25, 0.3) is 0 Å². The average Bonchev–Trinajstić information content (AvgIpc) is 3.04. The number of hydrogen-bond donors (Lipinski definition) is 2. The summed E-state index contributed by atoms with van der Waals surface area (Å²) in [6.45, 7) is 0. The van der Waals surface area contributed by atoms with Gasteiger partial charge in [-0.15, -0.1) is 11.3 Å². The highest BCUT2D eigenvalue weighted by atomic mass is 79.9. The van der Waals surface area contributed by atoms with Crippen LogP contribution >= 0.6 is 27.3 Å². The van der Waals surface area contributed by atoms with Crippen molar-refractivity contribution in [1.82, 2.24) is 5.43 Å². The Bertz CT molecular complexity index is 579. The van der Waals surface area contributed by atoms with E-state index in [1.807, 2.05) is 0 Å². The summed E-state index contributed by atoms with van der Waals surface area (Å²) < 4.78 is 1.14. The number of fused-ring (bicyclic) bond motifs is 1. The molecule has 0 amide bonds. The van der Waals surface area contributed by atoms with Gasteiger partial charge in [0, 0.05) is 9.35 Å². The highest BCUT2D eigenvalue weighted by molar-refractivity contribution is 9.10. The molecule has 1 aliphatic rings. The Hall–Kier alpha value is -0.680. The minimum absolute atomic E-state index is 0.175. The highest BCUT2D eigenvalue weighted by Gasteiger charge is 2.17. The van der Waals surface area contributed by atoms with Crippen molar-refractivity contribution in [2.45, 2.75) is 31.7 Å². The van der Waals surface area contributed by atoms with Crippen molar-refractivity contribution in [3.8, 4) is 0 Å². The van der Waals surface area contributed by atoms with Crippen molar-refractivity contribution in [2.24, 2.45) is 5.84 Å². The lowest BCUT2D eigenvalue weighted by Gasteiger charge is -2.16. The van der Waals surface area contributed by atoms with Crippen molar-refractivity contribution >= 4 is 27.3 Å². The lowest BCUT2D eigenvalue weighted by atomic mass is 10.0. The van der Waals surface area contributed by atoms with E-state index in [2.05, 4.69) is 51.0 Å².